The van der Waals surface area contributed by atoms with E-state index in [-0.39, 0.29) is 53.9 Å². The van der Waals surface area contributed by atoms with Crippen molar-refractivity contribution in [3.05, 3.63) is 231 Å². The SMILES string of the molecule is COCCn1c(Cc2ccc(-c3cccc(CCc4ccc(C#N)cc4F)n3)cc2F)nc2ccc([C@@H](C)CO)cc21.COCCn1c(Cc2ccc(-c3cccc(OCc4ccc(C#N)cc4F)n3)cc2F)nc2ccc([C@H](O)CO)cc21. The first-order valence-corrected chi connectivity index (χ1v) is 27.2. The Morgan fingerprint density at radius 2 is 1.05 bits per heavy atom. The van der Waals surface area contributed by atoms with Crippen LogP contribution < -0.4 is 4.74 Å². The highest BCUT2D eigenvalue weighted by Gasteiger charge is 2.19. The third-order valence-corrected chi connectivity index (χ3v) is 14.5. The zero-order valence-corrected chi connectivity index (χ0v) is 46.4. The zero-order chi connectivity index (χ0) is 59.3. The number of imidazole rings is 2. The number of aryl methyl sites for hydroxylation is 2. The van der Waals surface area contributed by atoms with Gasteiger partial charge in [0.25, 0.3) is 0 Å². The summed E-state index contributed by atoms with van der Waals surface area (Å²) in [7, 11) is 3.24. The van der Waals surface area contributed by atoms with Gasteiger partial charge in [-0.1, -0.05) is 67.6 Å². The van der Waals surface area contributed by atoms with Gasteiger partial charge in [0, 0.05) is 81.1 Å². The van der Waals surface area contributed by atoms with Crippen LogP contribution in [0.2, 0.25) is 0 Å². The van der Waals surface area contributed by atoms with E-state index in [1.807, 2.05) is 66.1 Å². The lowest BCUT2D eigenvalue weighted by Crippen LogP contribution is -2.10. The highest BCUT2D eigenvalue weighted by Crippen LogP contribution is 2.30. The molecule has 84 heavy (non-hydrogen) atoms. The quantitative estimate of drug-likeness (QED) is 0.0544. The van der Waals surface area contributed by atoms with Crippen molar-refractivity contribution in [2.75, 3.05) is 40.6 Å². The van der Waals surface area contributed by atoms with E-state index in [1.165, 1.54) is 30.3 Å². The van der Waals surface area contributed by atoms with Crippen LogP contribution >= 0.6 is 0 Å². The van der Waals surface area contributed by atoms with Crippen molar-refractivity contribution in [2.45, 2.75) is 64.3 Å². The first kappa shape index (κ1) is 59.5. The molecule has 18 heteroatoms. The van der Waals surface area contributed by atoms with Crippen LogP contribution in [0, 0.1) is 45.9 Å². The Kier molecular flexibility index (Phi) is 19.7. The second-order valence-corrected chi connectivity index (χ2v) is 20.1. The molecule has 4 aromatic heterocycles. The summed E-state index contributed by atoms with van der Waals surface area (Å²) in [5.74, 6) is -0.108. The van der Waals surface area contributed by atoms with Gasteiger partial charge in [-0.3, -0.25) is 4.98 Å². The van der Waals surface area contributed by atoms with E-state index >= 15 is 8.78 Å². The maximum Gasteiger partial charge on any atom is 0.214 e. The van der Waals surface area contributed by atoms with Gasteiger partial charge in [-0.15, -0.1) is 0 Å². The van der Waals surface area contributed by atoms with Crippen molar-refractivity contribution in [3.63, 3.8) is 0 Å². The minimum absolute atomic E-state index is 0.00198. The Labute approximate surface area is 483 Å². The van der Waals surface area contributed by atoms with Crippen molar-refractivity contribution in [1.82, 2.24) is 29.1 Å². The molecule has 10 rings (SSSR count). The number of fused-ring (bicyclic) bond motifs is 2. The van der Waals surface area contributed by atoms with Crippen LogP contribution in [0.15, 0.2) is 146 Å². The molecule has 4 heterocycles. The normalized spacial score (nSPS) is 12.0. The molecule has 0 unspecified atom stereocenters. The van der Waals surface area contributed by atoms with Gasteiger partial charge in [0.05, 0.1) is 76.5 Å². The Balaban J connectivity index is 0.000000202. The van der Waals surface area contributed by atoms with Crippen molar-refractivity contribution in [3.8, 4) is 40.5 Å². The Hall–Kier alpha value is -9.14. The molecule has 14 nitrogen and oxygen atoms in total. The number of ether oxygens (including phenoxy) is 3. The molecule has 0 fully saturated rings. The number of nitriles is 2. The molecule has 0 aliphatic heterocycles. The van der Waals surface area contributed by atoms with Crippen LogP contribution in [0.25, 0.3) is 44.6 Å². The van der Waals surface area contributed by atoms with Crippen LogP contribution in [0.5, 0.6) is 5.88 Å². The average molecular weight is 1140 g/mol. The molecule has 0 spiro atoms. The lowest BCUT2D eigenvalue weighted by Gasteiger charge is -2.12. The van der Waals surface area contributed by atoms with Gasteiger partial charge in [-0.25, -0.2) is 32.5 Å². The van der Waals surface area contributed by atoms with Gasteiger partial charge in [0.1, 0.15) is 47.6 Å². The summed E-state index contributed by atoms with van der Waals surface area (Å²) in [6.45, 7) is 3.48. The highest BCUT2D eigenvalue weighted by atomic mass is 19.1. The molecule has 0 amide bonds. The molecule has 2 atom stereocenters. The number of benzene rings is 6. The molecule has 428 valence electrons. The summed E-state index contributed by atoms with van der Waals surface area (Å²) in [6, 6.07) is 44.3. The summed E-state index contributed by atoms with van der Waals surface area (Å²) in [4.78, 5) is 18.7. The zero-order valence-electron chi connectivity index (χ0n) is 46.4. The first-order chi connectivity index (χ1) is 40.8. The van der Waals surface area contributed by atoms with Crippen LogP contribution in [0.3, 0.4) is 0 Å². The predicted molar refractivity (Wildman–Crippen MR) is 310 cm³/mol. The molecule has 0 aliphatic rings. The topological polar surface area (TPSA) is 197 Å². The lowest BCUT2D eigenvalue weighted by atomic mass is 10.0. The van der Waals surface area contributed by atoms with Crippen molar-refractivity contribution in [2.24, 2.45) is 0 Å². The number of methoxy groups -OCH3 is 2. The van der Waals surface area contributed by atoms with E-state index < -0.39 is 30.2 Å². The Bertz CT molecular complexity index is 3780. The molecule has 0 saturated heterocycles. The number of nitrogens with zero attached hydrogens (tertiary/aromatic N) is 8. The minimum Gasteiger partial charge on any atom is -0.473 e. The number of aliphatic hydroxyl groups is 3. The third-order valence-electron chi connectivity index (χ3n) is 14.5. The number of aliphatic hydroxyl groups excluding tert-OH is 3. The van der Waals surface area contributed by atoms with Gasteiger partial charge in [-0.2, -0.15) is 10.5 Å². The molecule has 0 aliphatic carbocycles. The monoisotopic (exact) mass is 1140 g/mol. The number of pyridine rings is 2. The molecular weight excluding hydrogens is 1080 g/mol. The standard InChI is InChI=1S/C34H32F2N4O2.C32H28F2N4O4/c1-22(21-41)25-11-13-32-33(18-25)40(14-15-42-2)34(39-32)19-26-8-9-27(17-30(26)36)31-5-3-4-28(38-31)12-10-24-7-6-23(20-37)16-29(24)35;1-41-12-11-38-29-15-23(30(40)18-39)9-10-28(29)36-31(38)16-21-7-8-22(14-26(21)34)27-3-2-4-32(37-27)42-19-24-6-5-20(17-35)13-25(24)33/h3-9,11,13,16-18,22,41H,10,12,14-15,19,21H2,1-2H3;2-10,13-15,30,39-40H,11-12,16,18-19H2,1H3/t22-;30-/m01/s1. The minimum atomic E-state index is -1.01. The largest absolute Gasteiger partial charge is 0.473 e. The Morgan fingerprint density at radius 1 is 0.536 bits per heavy atom. The molecule has 6 aromatic carbocycles. The lowest BCUT2D eigenvalue weighted by molar-refractivity contribution is 0.0957. The van der Waals surface area contributed by atoms with E-state index in [0.29, 0.717) is 102 Å². The number of hydrogen-bond acceptors (Lipinski definition) is 12. The van der Waals surface area contributed by atoms with Gasteiger partial charge in [0.2, 0.25) is 5.88 Å². The fourth-order valence-electron chi connectivity index (χ4n) is 9.68. The molecule has 0 saturated carbocycles. The highest BCUT2D eigenvalue weighted by molar-refractivity contribution is 5.78. The van der Waals surface area contributed by atoms with Crippen molar-refractivity contribution >= 4 is 22.1 Å². The number of rotatable bonds is 22. The second kappa shape index (κ2) is 27.8. The summed E-state index contributed by atoms with van der Waals surface area (Å²) in [5.41, 5.74) is 10.1. The van der Waals surface area contributed by atoms with Crippen LogP contribution in [0.1, 0.15) is 80.8 Å². The smallest absolute Gasteiger partial charge is 0.214 e. The van der Waals surface area contributed by atoms with E-state index in [1.54, 1.807) is 80.9 Å². The maximum atomic E-state index is 15.5. The molecular formula is C66H60F4N8O6. The second-order valence-electron chi connectivity index (χ2n) is 20.1. The van der Waals surface area contributed by atoms with Gasteiger partial charge >= 0.3 is 0 Å². The first-order valence-electron chi connectivity index (χ1n) is 27.2. The van der Waals surface area contributed by atoms with Crippen LogP contribution in [-0.2, 0) is 54.9 Å². The Morgan fingerprint density at radius 3 is 1.57 bits per heavy atom. The molecule has 3 N–H and O–H groups in total. The van der Waals surface area contributed by atoms with E-state index in [2.05, 4.69) is 9.55 Å². The third kappa shape index (κ3) is 14.2. The van der Waals surface area contributed by atoms with Gasteiger partial charge in [-0.05, 0) is 120 Å². The van der Waals surface area contributed by atoms with Gasteiger partial charge < -0.3 is 38.7 Å². The predicted octanol–water partition coefficient (Wildman–Crippen LogP) is 11.5. The van der Waals surface area contributed by atoms with Crippen molar-refractivity contribution < 1.29 is 47.1 Å². The summed E-state index contributed by atoms with van der Waals surface area (Å²) in [6.07, 6.45) is 0.455. The van der Waals surface area contributed by atoms with Gasteiger partial charge in [0.15, 0.2) is 0 Å². The number of halogens is 4. The van der Waals surface area contributed by atoms with E-state index in [4.69, 9.17) is 39.7 Å². The van der Waals surface area contributed by atoms with Crippen LogP contribution in [-0.4, -0.2) is 85.0 Å². The number of hydrogen-bond donors (Lipinski definition) is 3. The van der Waals surface area contributed by atoms with Crippen LogP contribution in [0.4, 0.5) is 17.6 Å². The molecule has 0 bridgehead atoms. The summed E-state index contributed by atoms with van der Waals surface area (Å²) >= 11 is 0. The maximum absolute atomic E-state index is 15.5. The molecule has 10 aromatic rings. The fraction of sp³-hybridized carbons (Fsp3) is 0.242. The summed E-state index contributed by atoms with van der Waals surface area (Å²) < 4.78 is 79.6. The number of aromatic nitrogens is 6. The van der Waals surface area contributed by atoms with E-state index in [0.717, 1.165) is 39.7 Å². The van der Waals surface area contributed by atoms with E-state index in [9.17, 15) is 24.1 Å². The molecule has 0 radical (unpaired) electrons. The average Bonchev–Trinajstić information content (AvgIpc) is 2.74. The summed E-state index contributed by atoms with van der Waals surface area (Å²) in [5, 5.41) is 46.9. The van der Waals surface area contributed by atoms with Crippen molar-refractivity contribution in [1.29, 1.82) is 10.5 Å². The fourth-order valence-corrected chi connectivity index (χ4v) is 9.68.